The molecule has 1 aromatic carbocycles. The molecule has 3 aliphatic heterocycles. The number of amides is 2. The van der Waals surface area contributed by atoms with Gasteiger partial charge in [-0.15, -0.1) is 0 Å². The van der Waals surface area contributed by atoms with Crippen LogP contribution >= 0.6 is 0 Å². The lowest BCUT2D eigenvalue weighted by atomic mass is 9.99. The Labute approximate surface area is 189 Å². The highest BCUT2D eigenvalue weighted by Gasteiger charge is 2.35. The molecule has 0 spiro atoms. The van der Waals surface area contributed by atoms with Crippen molar-refractivity contribution in [3.63, 3.8) is 0 Å². The van der Waals surface area contributed by atoms with Gasteiger partial charge >= 0.3 is 0 Å². The van der Waals surface area contributed by atoms with Gasteiger partial charge in [0.25, 0.3) is 5.91 Å². The van der Waals surface area contributed by atoms with Crippen LogP contribution < -0.4 is 15.4 Å². The Morgan fingerprint density at radius 2 is 2.00 bits per heavy atom. The molecule has 1 atom stereocenters. The highest BCUT2D eigenvalue weighted by Crippen LogP contribution is 2.35. The van der Waals surface area contributed by atoms with Crippen LogP contribution in [0.5, 0.6) is 5.75 Å². The standard InChI is InChI=1S/C22H32N4O5S/c1-16-12-18-19(31-15-21(27)24-18)13-20(16)32(29,30)26-11-4-6-17(14-26)22(28)23-7-5-10-25-8-2-3-9-25/h12-13,17H,2-11,14-15H2,1H3,(H,23,28)(H,24,27). The minimum absolute atomic E-state index is 0.0699. The van der Waals surface area contributed by atoms with Crippen molar-refractivity contribution in [1.82, 2.24) is 14.5 Å². The molecule has 2 fully saturated rings. The van der Waals surface area contributed by atoms with E-state index < -0.39 is 10.0 Å². The van der Waals surface area contributed by atoms with Gasteiger partial charge in [0, 0.05) is 25.7 Å². The molecule has 0 radical (unpaired) electrons. The van der Waals surface area contributed by atoms with Crippen molar-refractivity contribution in [1.29, 1.82) is 0 Å². The number of nitrogens with one attached hydrogen (secondary N) is 2. The van der Waals surface area contributed by atoms with Crippen molar-refractivity contribution in [2.24, 2.45) is 5.92 Å². The van der Waals surface area contributed by atoms with E-state index in [1.165, 1.54) is 23.2 Å². The van der Waals surface area contributed by atoms with Gasteiger partial charge in [-0.05, 0) is 70.3 Å². The molecule has 3 aliphatic rings. The number of fused-ring (bicyclic) bond motifs is 1. The fourth-order valence-corrected chi connectivity index (χ4v) is 6.42. The molecule has 32 heavy (non-hydrogen) atoms. The zero-order valence-corrected chi connectivity index (χ0v) is 19.4. The summed E-state index contributed by atoms with van der Waals surface area (Å²) in [4.78, 5) is 26.8. The third kappa shape index (κ3) is 5.07. The normalized spacial score (nSPS) is 22.2. The summed E-state index contributed by atoms with van der Waals surface area (Å²) in [6, 6.07) is 3.09. The minimum Gasteiger partial charge on any atom is -0.482 e. The lowest BCUT2D eigenvalue weighted by Crippen LogP contribution is -2.45. The quantitative estimate of drug-likeness (QED) is 0.590. The summed E-state index contributed by atoms with van der Waals surface area (Å²) >= 11 is 0. The Balaban J connectivity index is 1.37. The van der Waals surface area contributed by atoms with Gasteiger partial charge in [-0.2, -0.15) is 4.31 Å². The zero-order valence-electron chi connectivity index (χ0n) is 18.6. The molecule has 0 aromatic heterocycles. The average molecular weight is 465 g/mol. The van der Waals surface area contributed by atoms with Gasteiger partial charge in [0.05, 0.1) is 16.5 Å². The second-order valence-corrected chi connectivity index (χ2v) is 10.8. The summed E-state index contributed by atoms with van der Waals surface area (Å²) in [5.74, 6) is -0.339. The Morgan fingerprint density at radius 1 is 1.22 bits per heavy atom. The maximum absolute atomic E-state index is 13.4. The van der Waals surface area contributed by atoms with Crippen molar-refractivity contribution in [2.75, 3.05) is 51.2 Å². The van der Waals surface area contributed by atoms with E-state index in [-0.39, 0.29) is 35.8 Å². The molecule has 1 unspecified atom stereocenters. The molecular weight excluding hydrogens is 432 g/mol. The number of rotatable bonds is 7. The van der Waals surface area contributed by atoms with Crippen molar-refractivity contribution >= 4 is 27.5 Å². The first kappa shape index (κ1) is 23.0. The van der Waals surface area contributed by atoms with Crippen LogP contribution in [0.1, 0.15) is 37.7 Å². The minimum atomic E-state index is -3.79. The fourth-order valence-electron chi connectivity index (χ4n) is 4.67. The zero-order chi connectivity index (χ0) is 22.7. The topological polar surface area (TPSA) is 108 Å². The highest BCUT2D eigenvalue weighted by molar-refractivity contribution is 7.89. The number of hydrogen-bond donors (Lipinski definition) is 2. The van der Waals surface area contributed by atoms with Crippen molar-refractivity contribution < 1.29 is 22.7 Å². The maximum atomic E-state index is 13.4. The van der Waals surface area contributed by atoms with Crippen LogP contribution in [0, 0.1) is 12.8 Å². The van der Waals surface area contributed by atoms with Gasteiger partial charge in [-0.25, -0.2) is 8.42 Å². The molecule has 0 bridgehead atoms. The Kier molecular flexibility index (Phi) is 7.02. The van der Waals surface area contributed by atoms with Crippen LogP contribution in [0.25, 0.3) is 0 Å². The van der Waals surface area contributed by atoms with Crippen LogP contribution in [0.4, 0.5) is 5.69 Å². The maximum Gasteiger partial charge on any atom is 0.262 e. The number of likely N-dealkylation sites (tertiary alicyclic amines) is 1. The molecule has 0 saturated carbocycles. The van der Waals surface area contributed by atoms with Crippen molar-refractivity contribution in [2.45, 2.75) is 43.9 Å². The third-order valence-corrected chi connectivity index (χ3v) is 8.44. The summed E-state index contributed by atoms with van der Waals surface area (Å²) in [5, 5.41) is 5.69. The van der Waals surface area contributed by atoms with Gasteiger partial charge in [0.1, 0.15) is 5.75 Å². The molecule has 10 heteroatoms. The largest absolute Gasteiger partial charge is 0.482 e. The molecule has 1 aromatic rings. The second-order valence-electron chi connectivity index (χ2n) is 8.85. The molecular formula is C22H32N4O5S. The summed E-state index contributed by atoms with van der Waals surface area (Å²) < 4.78 is 33.6. The number of carbonyl (C=O) groups excluding carboxylic acids is 2. The van der Waals surface area contributed by atoms with E-state index in [1.807, 2.05) is 0 Å². The van der Waals surface area contributed by atoms with E-state index in [9.17, 15) is 18.0 Å². The number of piperidine rings is 1. The van der Waals surface area contributed by atoms with Crippen LogP contribution in [0.2, 0.25) is 0 Å². The van der Waals surface area contributed by atoms with E-state index in [1.54, 1.807) is 13.0 Å². The van der Waals surface area contributed by atoms with E-state index in [2.05, 4.69) is 15.5 Å². The molecule has 4 rings (SSSR count). The Morgan fingerprint density at radius 3 is 2.78 bits per heavy atom. The van der Waals surface area contributed by atoms with Crippen LogP contribution in [0.3, 0.4) is 0 Å². The molecule has 0 aliphatic carbocycles. The summed E-state index contributed by atoms with van der Waals surface area (Å²) in [5.41, 5.74) is 1.01. The number of carbonyl (C=O) groups is 2. The number of aryl methyl sites for hydroxylation is 1. The van der Waals surface area contributed by atoms with Crippen LogP contribution in [-0.2, 0) is 19.6 Å². The molecule has 3 heterocycles. The number of benzene rings is 1. The molecule has 2 amide bonds. The van der Waals surface area contributed by atoms with Gasteiger partial charge in [-0.1, -0.05) is 0 Å². The van der Waals surface area contributed by atoms with Crippen molar-refractivity contribution in [3.05, 3.63) is 17.7 Å². The van der Waals surface area contributed by atoms with E-state index in [0.717, 1.165) is 26.1 Å². The second kappa shape index (κ2) is 9.76. The van der Waals surface area contributed by atoms with Gasteiger partial charge in [0.15, 0.2) is 6.61 Å². The fraction of sp³-hybridized carbons (Fsp3) is 0.636. The van der Waals surface area contributed by atoms with Crippen LogP contribution in [0.15, 0.2) is 17.0 Å². The van der Waals surface area contributed by atoms with E-state index in [0.29, 0.717) is 42.9 Å². The third-order valence-electron chi connectivity index (χ3n) is 6.43. The molecule has 9 nitrogen and oxygen atoms in total. The van der Waals surface area contributed by atoms with Gasteiger partial charge < -0.3 is 20.3 Å². The number of nitrogens with zero attached hydrogens (tertiary/aromatic N) is 2. The summed E-state index contributed by atoms with van der Waals surface area (Å²) in [7, 11) is -3.79. The molecule has 2 saturated heterocycles. The lowest BCUT2D eigenvalue weighted by Gasteiger charge is -2.32. The molecule has 176 valence electrons. The number of hydrogen-bond acceptors (Lipinski definition) is 6. The van der Waals surface area contributed by atoms with E-state index in [4.69, 9.17) is 4.74 Å². The first-order valence-electron chi connectivity index (χ1n) is 11.4. The monoisotopic (exact) mass is 464 g/mol. The van der Waals surface area contributed by atoms with Gasteiger partial charge in [-0.3, -0.25) is 9.59 Å². The smallest absolute Gasteiger partial charge is 0.262 e. The highest BCUT2D eigenvalue weighted by atomic mass is 32.2. The predicted octanol–water partition coefficient (Wildman–Crippen LogP) is 1.33. The van der Waals surface area contributed by atoms with Crippen LogP contribution in [-0.4, -0.2) is 75.3 Å². The average Bonchev–Trinajstić information content (AvgIpc) is 3.29. The predicted molar refractivity (Wildman–Crippen MR) is 120 cm³/mol. The molecule has 2 N–H and O–H groups in total. The summed E-state index contributed by atoms with van der Waals surface area (Å²) in [6.45, 7) is 6.01. The lowest BCUT2D eigenvalue weighted by molar-refractivity contribution is -0.126. The summed E-state index contributed by atoms with van der Waals surface area (Å²) in [6.07, 6.45) is 4.74. The van der Waals surface area contributed by atoms with Crippen molar-refractivity contribution in [3.8, 4) is 5.75 Å². The first-order valence-corrected chi connectivity index (χ1v) is 12.9. The Bertz CT molecular complexity index is 975. The van der Waals surface area contributed by atoms with Gasteiger partial charge in [0.2, 0.25) is 15.9 Å². The Hall–Kier alpha value is -2.17. The SMILES string of the molecule is Cc1cc2c(cc1S(=O)(=O)N1CCCC(C(=O)NCCCN3CCCC3)C1)OCC(=O)N2. The number of anilines is 1. The number of ether oxygens (including phenoxy) is 1. The first-order chi connectivity index (χ1) is 15.3. The van der Waals surface area contributed by atoms with E-state index >= 15 is 0 Å². The number of sulfonamides is 1.